The Bertz CT molecular complexity index is 988. The van der Waals surface area contributed by atoms with Crippen LogP contribution in [0.5, 0.6) is 5.75 Å². The van der Waals surface area contributed by atoms with Crippen LogP contribution in [-0.2, 0) is 58.5 Å². The van der Waals surface area contributed by atoms with Gasteiger partial charge in [-0.3, -0.25) is 0 Å². The molecule has 1 rings (SSSR count). The third-order valence-electron chi connectivity index (χ3n) is 10.6. The normalized spacial score (nSPS) is 11.6. The standard InChI is InChI=1S/C52H98O12/c1-3-5-7-9-11-12-13-14-15-16-18-20-22-28-53-29-30-54-31-32-55-33-34-56-35-36-57-37-38-58-39-40-59-41-42-60-43-44-61-45-46-62-47-48-63-49-50-64-52-26-24-51(25-27-52)23-21-19-17-10-8-6-4-2/h24-27H,3-23,28-50H2,1-2H3. The first-order chi connectivity index (χ1) is 31.9. The maximum Gasteiger partial charge on any atom is 0.119 e. The molecule has 0 N–H and O–H groups in total. The van der Waals surface area contributed by atoms with Gasteiger partial charge in [0.2, 0.25) is 0 Å². The number of unbranched alkanes of at least 4 members (excludes halogenated alkanes) is 18. The SMILES string of the molecule is CCCCCCCCCCCCCCCOCCOCCOCCOCCOCCOCCOCCOCCOCCOCCOCCOc1ccc(CCCCCCCCC)cc1. The summed E-state index contributed by atoms with van der Waals surface area (Å²) in [6, 6.07) is 8.47. The van der Waals surface area contributed by atoms with Crippen LogP contribution in [0, 0.1) is 0 Å². The number of rotatable bonds is 56. The van der Waals surface area contributed by atoms with Crippen molar-refractivity contribution in [2.24, 2.45) is 0 Å². The van der Waals surface area contributed by atoms with Gasteiger partial charge in [-0.05, 0) is 37.0 Å². The third-order valence-corrected chi connectivity index (χ3v) is 10.6. The van der Waals surface area contributed by atoms with E-state index in [1.54, 1.807) is 0 Å². The maximum absolute atomic E-state index is 5.80. The molecule has 0 aliphatic rings. The van der Waals surface area contributed by atoms with Gasteiger partial charge in [-0.15, -0.1) is 0 Å². The summed E-state index contributed by atoms with van der Waals surface area (Å²) in [5, 5.41) is 0. The Morgan fingerprint density at radius 3 is 0.766 bits per heavy atom. The first-order valence-electron chi connectivity index (χ1n) is 25.9. The highest BCUT2D eigenvalue weighted by molar-refractivity contribution is 5.27. The highest BCUT2D eigenvalue weighted by atomic mass is 16.6. The van der Waals surface area contributed by atoms with Crippen molar-refractivity contribution in [3.05, 3.63) is 29.8 Å². The minimum Gasteiger partial charge on any atom is -0.491 e. The van der Waals surface area contributed by atoms with Crippen molar-refractivity contribution in [2.75, 3.05) is 152 Å². The van der Waals surface area contributed by atoms with Crippen molar-refractivity contribution in [1.82, 2.24) is 0 Å². The number of benzene rings is 1. The molecule has 0 fully saturated rings. The van der Waals surface area contributed by atoms with E-state index in [0.717, 1.165) is 25.2 Å². The number of hydrogen-bond donors (Lipinski definition) is 0. The average Bonchev–Trinajstić information content (AvgIpc) is 3.31. The summed E-state index contributed by atoms with van der Waals surface area (Å²) in [5.74, 6) is 0.889. The van der Waals surface area contributed by atoms with Crippen molar-refractivity contribution in [3.8, 4) is 5.75 Å². The van der Waals surface area contributed by atoms with Crippen molar-refractivity contribution in [1.29, 1.82) is 0 Å². The Morgan fingerprint density at radius 2 is 0.469 bits per heavy atom. The first-order valence-corrected chi connectivity index (χ1v) is 25.9. The Labute approximate surface area is 392 Å². The van der Waals surface area contributed by atoms with E-state index in [-0.39, 0.29) is 0 Å². The molecule has 0 spiro atoms. The van der Waals surface area contributed by atoms with Crippen molar-refractivity contribution >= 4 is 0 Å². The summed E-state index contributed by atoms with van der Waals surface area (Å²) in [6.45, 7) is 17.2. The van der Waals surface area contributed by atoms with Gasteiger partial charge in [0, 0.05) is 6.61 Å². The predicted octanol–water partition coefficient (Wildman–Crippen LogP) is 10.6. The Balaban J connectivity index is 1.64. The molecule has 0 saturated carbocycles. The van der Waals surface area contributed by atoms with E-state index in [1.165, 1.54) is 128 Å². The lowest BCUT2D eigenvalue weighted by Crippen LogP contribution is -2.15. The van der Waals surface area contributed by atoms with Crippen LogP contribution >= 0.6 is 0 Å². The second-order valence-electron chi connectivity index (χ2n) is 16.3. The number of aryl methyl sites for hydroxylation is 1. The summed E-state index contributed by atoms with van der Waals surface area (Å²) in [7, 11) is 0. The van der Waals surface area contributed by atoms with Gasteiger partial charge in [0.15, 0.2) is 0 Å². The smallest absolute Gasteiger partial charge is 0.119 e. The molecule has 0 saturated heterocycles. The van der Waals surface area contributed by atoms with Crippen LogP contribution in [0.3, 0.4) is 0 Å². The van der Waals surface area contributed by atoms with Crippen LogP contribution < -0.4 is 4.74 Å². The fourth-order valence-electron chi connectivity index (χ4n) is 6.78. The van der Waals surface area contributed by atoms with Gasteiger partial charge >= 0.3 is 0 Å². The molecule has 12 heteroatoms. The topological polar surface area (TPSA) is 111 Å². The Kier molecular flexibility index (Phi) is 51.3. The molecule has 0 radical (unpaired) electrons. The fourth-order valence-corrected chi connectivity index (χ4v) is 6.78. The van der Waals surface area contributed by atoms with Gasteiger partial charge in [0.05, 0.1) is 139 Å². The highest BCUT2D eigenvalue weighted by Gasteiger charge is 2.00. The zero-order chi connectivity index (χ0) is 45.6. The molecule has 64 heavy (non-hydrogen) atoms. The van der Waals surface area contributed by atoms with E-state index < -0.39 is 0 Å². The molecule has 0 aliphatic carbocycles. The Morgan fingerprint density at radius 1 is 0.234 bits per heavy atom. The maximum atomic E-state index is 5.80. The summed E-state index contributed by atoms with van der Waals surface area (Å²) >= 11 is 0. The summed E-state index contributed by atoms with van der Waals surface area (Å²) in [6.07, 6.45) is 28.3. The molecule has 0 unspecified atom stereocenters. The van der Waals surface area contributed by atoms with Crippen molar-refractivity contribution in [2.45, 2.75) is 149 Å². The molecule has 378 valence electrons. The summed E-state index contributed by atoms with van der Waals surface area (Å²) in [4.78, 5) is 0. The van der Waals surface area contributed by atoms with Crippen LogP contribution in [0.4, 0.5) is 0 Å². The molecule has 0 bridgehead atoms. The Hall–Kier alpha value is -1.42. The van der Waals surface area contributed by atoms with E-state index in [2.05, 4.69) is 38.1 Å². The van der Waals surface area contributed by atoms with E-state index in [1.807, 2.05) is 0 Å². The monoisotopic (exact) mass is 915 g/mol. The van der Waals surface area contributed by atoms with Crippen LogP contribution in [0.15, 0.2) is 24.3 Å². The van der Waals surface area contributed by atoms with E-state index >= 15 is 0 Å². The van der Waals surface area contributed by atoms with Gasteiger partial charge in [0.25, 0.3) is 0 Å². The minimum atomic E-state index is 0.516. The van der Waals surface area contributed by atoms with Crippen molar-refractivity contribution < 1.29 is 56.8 Å². The largest absolute Gasteiger partial charge is 0.491 e. The van der Waals surface area contributed by atoms with Crippen molar-refractivity contribution in [3.63, 3.8) is 0 Å². The zero-order valence-electron chi connectivity index (χ0n) is 41.3. The molecule has 1 aromatic carbocycles. The van der Waals surface area contributed by atoms with E-state index in [4.69, 9.17) is 56.8 Å². The minimum absolute atomic E-state index is 0.516. The number of ether oxygens (including phenoxy) is 12. The zero-order valence-corrected chi connectivity index (χ0v) is 41.3. The fraction of sp³-hybridized carbons (Fsp3) is 0.885. The molecular formula is C52H98O12. The molecule has 0 aliphatic heterocycles. The molecule has 12 nitrogen and oxygen atoms in total. The predicted molar refractivity (Wildman–Crippen MR) is 258 cm³/mol. The van der Waals surface area contributed by atoms with E-state index in [0.29, 0.717) is 145 Å². The molecule has 0 amide bonds. The molecule has 0 aromatic heterocycles. The lowest BCUT2D eigenvalue weighted by Gasteiger charge is -2.09. The average molecular weight is 915 g/mol. The second-order valence-corrected chi connectivity index (χ2v) is 16.3. The van der Waals surface area contributed by atoms with E-state index in [9.17, 15) is 0 Å². The first kappa shape index (κ1) is 60.6. The molecule has 1 aromatic rings. The van der Waals surface area contributed by atoms with Gasteiger partial charge in [-0.1, -0.05) is 142 Å². The van der Waals surface area contributed by atoms with Crippen LogP contribution in [0.1, 0.15) is 148 Å². The van der Waals surface area contributed by atoms with Gasteiger partial charge in [0.1, 0.15) is 12.4 Å². The van der Waals surface area contributed by atoms with Gasteiger partial charge < -0.3 is 56.8 Å². The molecular weight excluding hydrogens is 817 g/mol. The number of hydrogen-bond acceptors (Lipinski definition) is 12. The lowest BCUT2D eigenvalue weighted by molar-refractivity contribution is -0.0277. The van der Waals surface area contributed by atoms with Crippen LogP contribution in [0.2, 0.25) is 0 Å². The molecule has 0 atom stereocenters. The van der Waals surface area contributed by atoms with Gasteiger partial charge in [-0.2, -0.15) is 0 Å². The van der Waals surface area contributed by atoms with Crippen LogP contribution in [-0.4, -0.2) is 152 Å². The third kappa shape index (κ3) is 48.5. The second kappa shape index (κ2) is 54.2. The highest BCUT2D eigenvalue weighted by Crippen LogP contribution is 2.16. The summed E-state index contributed by atoms with van der Waals surface area (Å²) < 4.78 is 67.1. The van der Waals surface area contributed by atoms with Crippen LogP contribution in [0.25, 0.3) is 0 Å². The molecule has 0 heterocycles. The lowest BCUT2D eigenvalue weighted by atomic mass is 10.0. The summed E-state index contributed by atoms with van der Waals surface area (Å²) in [5.41, 5.74) is 1.38. The van der Waals surface area contributed by atoms with Gasteiger partial charge in [-0.25, -0.2) is 0 Å². The quantitative estimate of drug-likeness (QED) is 0.0580.